The highest BCUT2D eigenvalue weighted by molar-refractivity contribution is 8.00. The molecule has 0 fully saturated rings. The fraction of sp³-hybridized carbons (Fsp3) is 0.308. The lowest BCUT2D eigenvalue weighted by molar-refractivity contribution is -0.122. The monoisotopic (exact) mass is 309 g/mol. The zero-order chi connectivity index (χ0) is 14.5. The van der Waals surface area contributed by atoms with Crippen molar-refractivity contribution in [3.05, 3.63) is 29.8 Å². The molecular weight excluding hydrogens is 294 g/mol. The van der Waals surface area contributed by atoms with Gasteiger partial charge in [0.05, 0.1) is 0 Å². The van der Waals surface area contributed by atoms with Gasteiger partial charge in [-0.05, 0) is 37.8 Å². The third-order valence-corrected chi connectivity index (χ3v) is 4.30. The van der Waals surface area contributed by atoms with E-state index < -0.39 is 6.10 Å². The molecule has 106 valence electrons. The minimum Gasteiger partial charge on any atom is -0.481 e. The van der Waals surface area contributed by atoms with E-state index in [4.69, 9.17) is 4.74 Å². The summed E-state index contributed by atoms with van der Waals surface area (Å²) >= 11 is 2.83. The molecule has 0 spiro atoms. The summed E-state index contributed by atoms with van der Waals surface area (Å²) in [4.78, 5) is 12.0. The lowest BCUT2D eigenvalue weighted by Crippen LogP contribution is -2.30. The van der Waals surface area contributed by atoms with Crippen molar-refractivity contribution in [2.45, 2.75) is 24.3 Å². The molecule has 1 heterocycles. The van der Waals surface area contributed by atoms with Crippen molar-refractivity contribution in [1.82, 2.24) is 10.2 Å². The second-order valence-electron chi connectivity index (χ2n) is 4.14. The van der Waals surface area contributed by atoms with Crippen LogP contribution in [-0.2, 0) is 4.79 Å². The average molecular weight is 309 g/mol. The van der Waals surface area contributed by atoms with Crippen molar-refractivity contribution < 1.29 is 9.53 Å². The maximum Gasteiger partial charge on any atom is 0.266 e. The quantitative estimate of drug-likeness (QED) is 0.679. The van der Waals surface area contributed by atoms with E-state index in [-0.39, 0.29) is 5.91 Å². The molecule has 5 nitrogen and oxygen atoms in total. The molecule has 0 aliphatic rings. The number of aryl methyl sites for hydroxylation is 1. The van der Waals surface area contributed by atoms with E-state index in [0.717, 1.165) is 9.90 Å². The molecule has 0 saturated carbocycles. The molecule has 1 aromatic heterocycles. The summed E-state index contributed by atoms with van der Waals surface area (Å²) in [7, 11) is 0. The predicted molar refractivity (Wildman–Crippen MR) is 81.6 cm³/mol. The van der Waals surface area contributed by atoms with Gasteiger partial charge in [-0.2, -0.15) is 0 Å². The van der Waals surface area contributed by atoms with Gasteiger partial charge in [0.25, 0.3) is 5.91 Å². The first-order valence-corrected chi connectivity index (χ1v) is 8.04. The second-order valence-corrected chi connectivity index (χ2v) is 6.17. The van der Waals surface area contributed by atoms with Crippen LogP contribution in [0.2, 0.25) is 0 Å². The third kappa shape index (κ3) is 3.94. The Morgan fingerprint density at radius 3 is 2.90 bits per heavy atom. The molecule has 0 aliphatic carbocycles. The SMILES string of the molecule is CSc1nnc(NC(=O)[C@@H](C)Oc2cccc(C)c2)s1. The first kappa shape index (κ1) is 14.8. The molecule has 2 rings (SSSR count). The van der Waals surface area contributed by atoms with E-state index in [1.807, 2.05) is 37.4 Å². The van der Waals surface area contributed by atoms with Crippen molar-refractivity contribution in [2.75, 3.05) is 11.6 Å². The van der Waals surface area contributed by atoms with Crippen LogP contribution in [0, 0.1) is 6.92 Å². The van der Waals surface area contributed by atoms with Crippen LogP contribution in [-0.4, -0.2) is 28.5 Å². The molecule has 0 radical (unpaired) electrons. The van der Waals surface area contributed by atoms with E-state index in [1.165, 1.54) is 23.1 Å². The maximum absolute atomic E-state index is 12.0. The van der Waals surface area contributed by atoms with Gasteiger partial charge in [0.15, 0.2) is 10.4 Å². The zero-order valence-corrected chi connectivity index (χ0v) is 13.0. The highest BCUT2D eigenvalue weighted by Crippen LogP contribution is 2.23. The van der Waals surface area contributed by atoms with Gasteiger partial charge in [0.2, 0.25) is 5.13 Å². The molecular formula is C13H15N3O2S2. The van der Waals surface area contributed by atoms with Gasteiger partial charge < -0.3 is 4.74 Å². The number of benzene rings is 1. The van der Waals surface area contributed by atoms with Crippen LogP contribution in [0.1, 0.15) is 12.5 Å². The van der Waals surface area contributed by atoms with Crippen molar-refractivity contribution in [3.63, 3.8) is 0 Å². The molecule has 1 N–H and O–H groups in total. The third-order valence-electron chi connectivity index (χ3n) is 2.48. The van der Waals surface area contributed by atoms with Crippen LogP contribution in [0.5, 0.6) is 5.75 Å². The van der Waals surface area contributed by atoms with E-state index in [1.54, 1.807) is 6.92 Å². The summed E-state index contributed by atoms with van der Waals surface area (Å²) in [6, 6.07) is 7.58. The van der Waals surface area contributed by atoms with Crippen LogP contribution in [0.25, 0.3) is 0 Å². The Morgan fingerprint density at radius 2 is 2.25 bits per heavy atom. The van der Waals surface area contributed by atoms with Crippen LogP contribution in [0.4, 0.5) is 5.13 Å². The minimum absolute atomic E-state index is 0.240. The lowest BCUT2D eigenvalue weighted by Gasteiger charge is -2.13. The molecule has 0 aliphatic heterocycles. The molecule has 1 amide bonds. The largest absolute Gasteiger partial charge is 0.481 e. The molecule has 2 aromatic rings. The van der Waals surface area contributed by atoms with Gasteiger partial charge in [0.1, 0.15) is 5.75 Å². The van der Waals surface area contributed by atoms with E-state index in [2.05, 4.69) is 15.5 Å². The number of carbonyl (C=O) groups is 1. The Morgan fingerprint density at radius 1 is 1.45 bits per heavy atom. The number of hydrogen-bond acceptors (Lipinski definition) is 6. The van der Waals surface area contributed by atoms with E-state index in [0.29, 0.717) is 10.9 Å². The number of nitrogens with zero attached hydrogens (tertiary/aromatic N) is 2. The summed E-state index contributed by atoms with van der Waals surface area (Å²) in [6.07, 6.45) is 1.31. The Labute approximate surface area is 125 Å². The maximum atomic E-state index is 12.0. The van der Waals surface area contributed by atoms with Crippen LogP contribution >= 0.6 is 23.1 Å². The fourth-order valence-corrected chi connectivity index (χ4v) is 2.67. The predicted octanol–water partition coefficient (Wildman–Crippen LogP) is 2.97. The molecule has 7 heteroatoms. The summed E-state index contributed by atoms with van der Waals surface area (Å²) in [6.45, 7) is 3.68. The van der Waals surface area contributed by atoms with Gasteiger partial charge in [-0.15, -0.1) is 10.2 Å². The van der Waals surface area contributed by atoms with Gasteiger partial charge in [-0.3, -0.25) is 10.1 Å². The number of thioether (sulfide) groups is 1. The van der Waals surface area contributed by atoms with Gasteiger partial charge in [-0.1, -0.05) is 35.2 Å². The number of carbonyl (C=O) groups excluding carboxylic acids is 1. The highest BCUT2D eigenvalue weighted by Gasteiger charge is 2.16. The molecule has 20 heavy (non-hydrogen) atoms. The number of hydrogen-bond donors (Lipinski definition) is 1. The Bertz CT molecular complexity index is 601. The smallest absolute Gasteiger partial charge is 0.266 e. The van der Waals surface area contributed by atoms with Crippen LogP contribution in [0.3, 0.4) is 0 Å². The minimum atomic E-state index is -0.599. The number of aromatic nitrogens is 2. The number of amides is 1. The Hall–Kier alpha value is -1.60. The van der Waals surface area contributed by atoms with Gasteiger partial charge in [0, 0.05) is 0 Å². The number of rotatable bonds is 5. The number of nitrogens with one attached hydrogen (secondary N) is 1. The Balaban J connectivity index is 1.95. The standard InChI is InChI=1S/C13H15N3O2S2/c1-8-5-4-6-10(7-8)18-9(2)11(17)14-12-15-16-13(19-3)20-12/h4-7,9H,1-3H3,(H,14,15,17)/t9-/m1/s1. The fourth-order valence-electron chi connectivity index (χ4n) is 1.50. The van der Waals surface area contributed by atoms with E-state index in [9.17, 15) is 4.79 Å². The molecule has 1 aromatic carbocycles. The van der Waals surface area contributed by atoms with Crippen LogP contribution in [0.15, 0.2) is 28.6 Å². The van der Waals surface area contributed by atoms with Crippen molar-refractivity contribution in [3.8, 4) is 5.75 Å². The first-order chi connectivity index (χ1) is 9.58. The Kier molecular flexibility index (Phi) is 4.97. The zero-order valence-electron chi connectivity index (χ0n) is 11.4. The second kappa shape index (κ2) is 6.71. The van der Waals surface area contributed by atoms with Crippen molar-refractivity contribution >= 4 is 34.1 Å². The summed E-state index contributed by atoms with van der Waals surface area (Å²) < 4.78 is 6.41. The lowest BCUT2D eigenvalue weighted by atomic mass is 10.2. The summed E-state index contributed by atoms with van der Waals surface area (Å²) in [5.41, 5.74) is 1.09. The first-order valence-electron chi connectivity index (χ1n) is 6.00. The molecule has 1 atom stereocenters. The van der Waals surface area contributed by atoms with Crippen molar-refractivity contribution in [1.29, 1.82) is 0 Å². The highest BCUT2D eigenvalue weighted by atomic mass is 32.2. The van der Waals surface area contributed by atoms with Crippen LogP contribution < -0.4 is 10.1 Å². The molecule has 0 unspecified atom stereocenters. The number of ether oxygens (including phenoxy) is 1. The summed E-state index contributed by atoms with van der Waals surface area (Å²) in [5.74, 6) is 0.435. The van der Waals surface area contributed by atoms with Crippen molar-refractivity contribution in [2.24, 2.45) is 0 Å². The normalized spacial score (nSPS) is 11.9. The van der Waals surface area contributed by atoms with Gasteiger partial charge >= 0.3 is 0 Å². The average Bonchev–Trinajstić information content (AvgIpc) is 2.86. The molecule has 0 saturated heterocycles. The summed E-state index contributed by atoms with van der Waals surface area (Å²) in [5, 5.41) is 11.0. The molecule has 0 bridgehead atoms. The van der Waals surface area contributed by atoms with Gasteiger partial charge in [-0.25, -0.2) is 0 Å². The topological polar surface area (TPSA) is 64.1 Å². The van der Waals surface area contributed by atoms with E-state index >= 15 is 0 Å². The number of anilines is 1.